The number of carbonyl (C=O) groups is 1. The van der Waals surface area contributed by atoms with Crippen LogP contribution in [0.2, 0.25) is 0 Å². The number of nitrogens with one attached hydrogen (secondary N) is 1. The van der Waals surface area contributed by atoms with E-state index in [9.17, 15) is 10.1 Å². The third-order valence-electron chi connectivity index (χ3n) is 6.12. The summed E-state index contributed by atoms with van der Waals surface area (Å²) < 4.78 is 5.93. The van der Waals surface area contributed by atoms with Crippen LogP contribution in [0.25, 0.3) is 10.8 Å². The molecule has 1 saturated heterocycles. The zero-order valence-corrected chi connectivity index (χ0v) is 19.2. The van der Waals surface area contributed by atoms with Crippen LogP contribution in [-0.4, -0.2) is 16.9 Å². The molecule has 164 valence electrons. The van der Waals surface area contributed by atoms with E-state index in [2.05, 4.69) is 39.1 Å². The summed E-state index contributed by atoms with van der Waals surface area (Å²) >= 11 is 0. The number of hydrogen-bond donors (Lipinski definition) is 1. The van der Waals surface area contributed by atoms with Crippen LogP contribution in [0.4, 0.5) is 0 Å². The number of fused-ring (bicyclic) bond motifs is 1. The molecule has 0 unspecified atom stereocenters. The van der Waals surface area contributed by atoms with E-state index >= 15 is 0 Å². The molecule has 3 aromatic carbocycles. The molecular formula is C28H30N2O2. The van der Waals surface area contributed by atoms with Crippen LogP contribution in [0.1, 0.15) is 62.9 Å². The molecule has 3 aromatic rings. The number of carbonyl (C=O) groups excluding carboxylic acids is 1. The highest BCUT2D eigenvalue weighted by Crippen LogP contribution is 2.35. The van der Waals surface area contributed by atoms with Crippen molar-refractivity contribution in [2.24, 2.45) is 5.92 Å². The number of benzene rings is 3. The summed E-state index contributed by atoms with van der Waals surface area (Å²) in [4.78, 5) is 13.1. The fourth-order valence-corrected chi connectivity index (χ4v) is 5.29. The lowest BCUT2D eigenvalue weighted by molar-refractivity contribution is 0.0864. The Balaban J connectivity index is 1.51. The molecular weight excluding hydrogens is 396 g/mol. The van der Waals surface area contributed by atoms with Crippen LogP contribution in [-0.2, 0) is 0 Å². The topological polar surface area (TPSA) is 62.1 Å². The number of ether oxygens (including phenoxy) is 1. The molecule has 1 aliphatic heterocycles. The Morgan fingerprint density at radius 1 is 1.00 bits per heavy atom. The predicted molar refractivity (Wildman–Crippen MR) is 128 cm³/mol. The summed E-state index contributed by atoms with van der Waals surface area (Å²) in [6.07, 6.45) is 2.58. The van der Waals surface area contributed by atoms with Crippen molar-refractivity contribution >= 4 is 16.6 Å². The molecule has 4 heteroatoms. The number of nitrogens with zero attached hydrogens (tertiary/aromatic N) is 1. The Kier molecular flexibility index (Phi) is 5.79. The van der Waals surface area contributed by atoms with E-state index in [4.69, 9.17) is 4.74 Å². The van der Waals surface area contributed by atoms with Crippen LogP contribution < -0.4 is 10.1 Å². The van der Waals surface area contributed by atoms with Gasteiger partial charge in [-0.15, -0.1) is 0 Å². The quantitative estimate of drug-likeness (QED) is 0.465. The number of rotatable bonds is 5. The average molecular weight is 427 g/mol. The van der Waals surface area contributed by atoms with Crippen LogP contribution in [0.5, 0.6) is 11.5 Å². The average Bonchev–Trinajstić information content (AvgIpc) is 2.71. The number of nitriles is 1. The van der Waals surface area contributed by atoms with Gasteiger partial charge in [0.05, 0.1) is 5.56 Å². The lowest BCUT2D eigenvalue weighted by atomic mass is 9.74. The Bertz CT molecular complexity index is 1190. The van der Waals surface area contributed by atoms with Crippen molar-refractivity contribution in [1.82, 2.24) is 5.32 Å². The van der Waals surface area contributed by atoms with E-state index in [1.54, 1.807) is 12.1 Å². The Labute approximate surface area is 190 Å². The highest BCUT2D eigenvalue weighted by Gasteiger charge is 2.38. The lowest BCUT2D eigenvalue weighted by Crippen LogP contribution is -2.57. The molecule has 1 heterocycles. The van der Waals surface area contributed by atoms with Crippen LogP contribution in [0, 0.1) is 17.2 Å². The summed E-state index contributed by atoms with van der Waals surface area (Å²) in [7, 11) is 0. The van der Waals surface area contributed by atoms with Gasteiger partial charge >= 0.3 is 0 Å². The van der Waals surface area contributed by atoms with Crippen molar-refractivity contribution in [2.75, 3.05) is 0 Å². The van der Waals surface area contributed by atoms with Crippen molar-refractivity contribution in [3.8, 4) is 17.6 Å². The van der Waals surface area contributed by atoms with Gasteiger partial charge in [-0.25, -0.2) is 0 Å². The molecule has 0 atom stereocenters. The van der Waals surface area contributed by atoms with E-state index in [0.29, 0.717) is 29.4 Å². The first kappa shape index (κ1) is 22.0. The first-order valence-corrected chi connectivity index (χ1v) is 11.2. The van der Waals surface area contributed by atoms with Crippen LogP contribution >= 0.6 is 0 Å². The summed E-state index contributed by atoms with van der Waals surface area (Å²) in [6, 6.07) is 21.0. The lowest BCUT2D eigenvalue weighted by Gasteiger charge is -2.46. The maximum absolute atomic E-state index is 13.1. The summed E-state index contributed by atoms with van der Waals surface area (Å²) in [6.45, 7) is 8.87. The maximum Gasteiger partial charge on any atom is 0.163 e. The van der Waals surface area contributed by atoms with Crippen molar-refractivity contribution in [3.05, 3.63) is 71.8 Å². The van der Waals surface area contributed by atoms with Crippen molar-refractivity contribution in [3.63, 3.8) is 0 Å². The Hall–Kier alpha value is -3.16. The second-order valence-corrected chi connectivity index (χ2v) is 10.2. The molecule has 0 radical (unpaired) electrons. The minimum atomic E-state index is 0.0383. The van der Waals surface area contributed by atoms with Gasteiger partial charge in [0.25, 0.3) is 0 Å². The smallest absolute Gasteiger partial charge is 0.163 e. The van der Waals surface area contributed by atoms with Crippen molar-refractivity contribution in [2.45, 2.75) is 58.0 Å². The van der Waals surface area contributed by atoms with Gasteiger partial charge in [-0.2, -0.15) is 5.26 Å². The van der Waals surface area contributed by atoms with E-state index in [1.807, 2.05) is 48.5 Å². The molecule has 0 aromatic heterocycles. The molecule has 1 aliphatic rings. The fraction of sp³-hybridized carbons (Fsp3) is 0.357. The van der Waals surface area contributed by atoms with Gasteiger partial charge in [-0.3, -0.25) is 4.79 Å². The van der Waals surface area contributed by atoms with E-state index in [1.165, 1.54) is 0 Å². The monoisotopic (exact) mass is 426 g/mol. The second kappa shape index (κ2) is 8.41. The SMILES string of the molecule is CC1(C)CC(CC(=O)c2ccc3cc(Oc4ccccc4C#N)ccc3c2)CC(C)(C)N1. The number of para-hydroxylation sites is 1. The molecule has 0 saturated carbocycles. The Morgan fingerprint density at radius 2 is 1.66 bits per heavy atom. The summed E-state index contributed by atoms with van der Waals surface area (Å²) in [5.41, 5.74) is 1.33. The molecule has 0 bridgehead atoms. The van der Waals surface area contributed by atoms with Gasteiger partial charge in [-0.05, 0) is 87.6 Å². The Morgan fingerprint density at radius 3 is 2.38 bits per heavy atom. The van der Waals surface area contributed by atoms with Gasteiger partial charge in [0.15, 0.2) is 5.78 Å². The third kappa shape index (κ3) is 5.00. The first-order valence-electron chi connectivity index (χ1n) is 11.2. The van der Waals surface area contributed by atoms with Crippen molar-refractivity contribution < 1.29 is 9.53 Å². The largest absolute Gasteiger partial charge is 0.456 e. The number of piperidine rings is 1. The van der Waals surface area contributed by atoms with Crippen LogP contribution in [0.15, 0.2) is 60.7 Å². The molecule has 1 fully saturated rings. The molecule has 1 N–H and O–H groups in total. The maximum atomic E-state index is 13.1. The van der Waals surface area contributed by atoms with E-state index < -0.39 is 0 Å². The van der Waals surface area contributed by atoms with E-state index in [0.717, 1.165) is 29.2 Å². The minimum Gasteiger partial charge on any atom is -0.456 e. The van der Waals surface area contributed by atoms with Crippen molar-refractivity contribution in [1.29, 1.82) is 5.26 Å². The van der Waals surface area contributed by atoms with Gasteiger partial charge in [0.1, 0.15) is 17.6 Å². The molecule has 0 spiro atoms. The third-order valence-corrected chi connectivity index (χ3v) is 6.12. The zero-order chi connectivity index (χ0) is 22.9. The summed E-state index contributed by atoms with van der Waals surface area (Å²) in [5, 5.41) is 14.9. The van der Waals surface area contributed by atoms with E-state index in [-0.39, 0.29) is 16.9 Å². The van der Waals surface area contributed by atoms with Gasteiger partial charge < -0.3 is 10.1 Å². The number of hydrogen-bond acceptors (Lipinski definition) is 4. The molecule has 4 rings (SSSR count). The highest BCUT2D eigenvalue weighted by atomic mass is 16.5. The predicted octanol–water partition coefficient (Wildman–Crippen LogP) is 6.63. The molecule has 32 heavy (non-hydrogen) atoms. The second-order valence-electron chi connectivity index (χ2n) is 10.2. The standard InChI is InChI=1S/C28H30N2O2/c1-27(2)16-19(17-28(3,4)30-27)13-25(31)22-10-9-21-15-24(12-11-20(21)14-22)32-26-8-6-5-7-23(26)18-29/h5-12,14-15,19,30H,13,16-17H2,1-4H3. The number of Topliss-reactive ketones (excluding diaryl/α,β-unsaturated/α-hetero) is 1. The zero-order valence-electron chi connectivity index (χ0n) is 19.2. The van der Waals surface area contributed by atoms with Gasteiger partial charge in [-0.1, -0.05) is 30.3 Å². The molecule has 0 amide bonds. The normalized spacial score (nSPS) is 17.6. The van der Waals surface area contributed by atoms with Gasteiger partial charge in [0, 0.05) is 23.1 Å². The summed E-state index contributed by atoms with van der Waals surface area (Å²) in [5.74, 6) is 1.78. The fourth-order valence-electron chi connectivity index (χ4n) is 5.29. The highest BCUT2D eigenvalue weighted by molar-refractivity contribution is 6.00. The molecule has 0 aliphatic carbocycles. The first-order chi connectivity index (χ1) is 15.1. The molecule has 4 nitrogen and oxygen atoms in total. The minimum absolute atomic E-state index is 0.0383. The van der Waals surface area contributed by atoms with Crippen LogP contribution in [0.3, 0.4) is 0 Å². The number of ketones is 1. The van der Waals surface area contributed by atoms with Gasteiger partial charge in [0.2, 0.25) is 0 Å².